The third kappa shape index (κ3) is 6.36. The first-order chi connectivity index (χ1) is 17.8. The molecule has 9 nitrogen and oxygen atoms in total. The minimum atomic E-state index is -4.03. The van der Waals surface area contributed by atoms with Crippen LogP contribution in [0.15, 0.2) is 53.6 Å². The van der Waals surface area contributed by atoms with Gasteiger partial charge in [-0.2, -0.15) is 8.42 Å². The number of carbonyl (C=O) groups excluding carboxylic acids is 1. The van der Waals surface area contributed by atoms with Crippen LogP contribution in [0.25, 0.3) is 11.3 Å². The van der Waals surface area contributed by atoms with Gasteiger partial charge in [-0.25, -0.2) is 14.8 Å². The van der Waals surface area contributed by atoms with Gasteiger partial charge >= 0.3 is 6.09 Å². The van der Waals surface area contributed by atoms with Gasteiger partial charge in [0.05, 0.1) is 10.7 Å². The Balaban J connectivity index is 1.51. The van der Waals surface area contributed by atoms with Gasteiger partial charge in [-0.05, 0) is 70.0 Å². The number of piperazine rings is 1. The minimum absolute atomic E-state index is 0.130. The molecule has 38 heavy (non-hydrogen) atoms. The van der Waals surface area contributed by atoms with E-state index in [0.29, 0.717) is 42.7 Å². The molecule has 202 valence electrons. The van der Waals surface area contributed by atoms with Crippen LogP contribution in [0.5, 0.6) is 0 Å². The predicted molar refractivity (Wildman–Crippen MR) is 149 cm³/mol. The van der Waals surface area contributed by atoms with Crippen molar-refractivity contribution in [1.82, 2.24) is 14.9 Å². The highest BCUT2D eigenvalue weighted by atomic mass is 35.5. The summed E-state index contributed by atoms with van der Waals surface area (Å²) in [6, 6.07) is 13.9. The van der Waals surface area contributed by atoms with Crippen LogP contribution in [0, 0.1) is 13.8 Å². The third-order valence-electron chi connectivity index (χ3n) is 6.04. The summed E-state index contributed by atoms with van der Waals surface area (Å²) in [4.78, 5) is 24.9. The molecule has 11 heteroatoms. The second-order valence-electron chi connectivity index (χ2n) is 10.2. The fraction of sp³-hybridized carbons (Fsp3) is 0.370. The lowest BCUT2D eigenvalue weighted by Crippen LogP contribution is -2.50. The van der Waals surface area contributed by atoms with E-state index >= 15 is 0 Å². The van der Waals surface area contributed by atoms with Gasteiger partial charge in [-0.15, -0.1) is 0 Å². The lowest BCUT2D eigenvalue weighted by Gasteiger charge is -2.36. The first kappa shape index (κ1) is 27.7. The van der Waals surface area contributed by atoms with Crippen molar-refractivity contribution >= 4 is 39.4 Å². The van der Waals surface area contributed by atoms with Crippen molar-refractivity contribution in [3.8, 4) is 11.3 Å². The van der Waals surface area contributed by atoms with Gasteiger partial charge in [0, 0.05) is 31.7 Å². The molecule has 0 spiro atoms. The fourth-order valence-corrected chi connectivity index (χ4v) is 5.39. The maximum atomic E-state index is 13.2. The molecule has 2 aromatic heterocycles. The van der Waals surface area contributed by atoms with Crippen molar-refractivity contribution < 1.29 is 17.9 Å². The Labute approximate surface area is 228 Å². The maximum Gasteiger partial charge on any atom is 0.410 e. The van der Waals surface area contributed by atoms with E-state index in [4.69, 9.17) is 16.3 Å². The van der Waals surface area contributed by atoms with Gasteiger partial charge in [0.1, 0.15) is 17.2 Å². The Hall–Kier alpha value is -3.37. The van der Waals surface area contributed by atoms with Crippen LogP contribution >= 0.6 is 11.6 Å². The molecule has 4 rings (SSSR count). The van der Waals surface area contributed by atoms with Crippen molar-refractivity contribution in [3.05, 3.63) is 64.7 Å². The molecule has 1 aromatic carbocycles. The number of hydrogen-bond donors (Lipinski definition) is 1. The van der Waals surface area contributed by atoms with Crippen molar-refractivity contribution in [1.29, 1.82) is 0 Å². The number of nitrogens with one attached hydrogen (secondary N) is 1. The molecule has 0 radical (unpaired) electrons. The van der Waals surface area contributed by atoms with E-state index in [9.17, 15) is 13.2 Å². The Bertz CT molecular complexity index is 1430. The van der Waals surface area contributed by atoms with Crippen molar-refractivity contribution in [2.45, 2.75) is 45.2 Å². The quantitative estimate of drug-likeness (QED) is 0.455. The molecule has 0 aliphatic carbocycles. The monoisotopic (exact) mass is 557 g/mol. The summed E-state index contributed by atoms with van der Waals surface area (Å²) >= 11 is 6.44. The predicted octanol–water partition coefficient (Wildman–Crippen LogP) is 5.27. The van der Waals surface area contributed by atoms with Crippen LogP contribution in [0.3, 0.4) is 0 Å². The summed E-state index contributed by atoms with van der Waals surface area (Å²) in [5.41, 5.74) is 2.78. The number of nitrogens with zero attached hydrogens (tertiary/aromatic N) is 4. The number of pyridine rings is 2. The number of amides is 1. The number of sulfonamides is 1. The molecule has 1 saturated heterocycles. The Morgan fingerprint density at radius 1 is 0.947 bits per heavy atom. The molecule has 0 atom stereocenters. The second-order valence-corrected chi connectivity index (χ2v) is 12.2. The summed E-state index contributed by atoms with van der Waals surface area (Å²) < 4.78 is 34.5. The zero-order valence-electron chi connectivity index (χ0n) is 22.2. The second kappa shape index (κ2) is 10.8. The molecule has 0 unspecified atom stereocenters. The number of anilines is 2. The zero-order valence-corrected chi connectivity index (χ0v) is 23.7. The van der Waals surface area contributed by atoms with Crippen molar-refractivity contribution in [3.63, 3.8) is 0 Å². The number of hydrogen-bond acceptors (Lipinski definition) is 7. The highest BCUT2D eigenvalue weighted by Gasteiger charge is 2.27. The first-order valence-electron chi connectivity index (χ1n) is 12.3. The molecular formula is C27H32ClN5O4S. The van der Waals surface area contributed by atoms with E-state index in [1.54, 1.807) is 23.1 Å². The molecule has 0 bridgehead atoms. The smallest absolute Gasteiger partial charge is 0.410 e. The van der Waals surface area contributed by atoms with Crippen LogP contribution in [0.4, 0.5) is 16.4 Å². The number of halogens is 1. The Kier molecular flexibility index (Phi) is 7.85. The summed E-state index contributed by atoms with van der Waals surface area (Å²) in [5, 5.41) is 0.297. The standard InChI is InChI=1S/C27H32ClN5O4S/c1-18-8-6-9-19(2)24(18)25-20(28)12-13-21(29-25)31-38(35,36)23-11-7-10-22(30-23)32-14-16-33(17-15-32)26(34)37-27(3,4)5/h6-13H,14-17H2,1-5H3,(H,29,31). The van der Waals surface area contributed by atoms with E-state index in [1.807, 2.05) is 57.7 Å². The largest absolute Gasteiger partial charge is 0.444 e. The van der Waals surface area contributed by atoms with Crippen LogP contribution in [0.2, 0.25) is 5.02 Å². The Morgan fingerprint density at radius 3 is 2.21 bits per heavy atom. The summed E-state index contributed by atoms with van der Waals surface area (Å²) in [5.74, 6) is 0.655. The third-order valence-corrected chi connectivity index (χ3v) is 7.60. The van der Waals surface area contributed by atoms with Crippen LogP contribution in [-0.4, -0.2) is 61.2 Å². The molecule has 1 aliphatic heterocycles. The van der Waals surface area contributed by atoms with E-state index in [-0.39, 0.29) is 16.9 Å². The zero-order chi connectivity index (χ0) is 27.7. The molecular weight excluding hydrogens is 526 g/mol. The highest BCUT2D eigenvalue weighted by Crippen LogP contribution is 2.32. The maximum absolute atomic E-state index is 13.2. The number of benzene rings is 1. The van der Waals surface area contributed by atoms with E-state index in [1.165, 1.54) is 12.1 Å². The lowest BCUT2D eigenvalue weighted by molar-refractivity contribution is 0.0240. The summed E-state index contributed by atoms with van der Waals surface area (Å²) in [6.45, 7) is 11.3. The summed E-state index contributed by atoms with van der Waals surface area (Å²) in [7, 11) is -4.03. The lowest BCUT2D eigenvalue weighted by atomic mass is 9.99. The number of carbonyl (C=O) groups is 1. The summed E-state index contributed by atoms with van der Waals surface area (Å²) in [6.07, 6.45) is -0.360. The molecule has 1 aliphatic rings. The van der Waals surface area contributed by atoms with Crippen LogP contribution in [-0.2, 0) is 14.8 Å². The van der Waals surface area contributed by atoms with E-state index in [2.05, 4.69) is 14.7 Å². The van der Waals surface area contributed by atoms with Gasteiger partial charge in [-0.1, -0.05) is 35.9 Å². The molecule has 1 fully saturated rings. The average Bonchev–Trinajstić information content (AvgIpc) is 2.85. The first-order valence-corrected chi connectivity index (χ1v) is 14.2. The molecule has 0 saturated carbocycles. The molecule has 1 amide bonds. The number of aromatic nitrogens is 2. The van der Waals surface area contributed by atoms with Gasteiger partial charge in [0.15, 0.2) is 5.03 Å². The fourth-order valence-electron chi connectivity index (χ4n) is 4.23. The molecule has 3 aromatic rings. The van der Waals surface area contributed by atoms with Crippen LogP contribution in [0.1, 0.15) is 31.9 Å². The van der Waals surface area contributed by atoms with E-state index < -0.39 is 15.6 Å². The topological polar surface area (TPSA) is 105 Å². The normalized spacial score (nSPS) is 14.4. The van der Waals surface area contributed by atoms with Gasteiger partial charge < -0.3 is 14.5 Å². The van der Waals surface area contributed by atoms with Gasteiger partial charge in [-0.3, -0.25) is 4.72 Å². The van der Waals surface area contributed by atoms with Crippen molar-refractivity contribution in [2.75, 3.05) is 35.8 Å². The number of aryl methyl sites for hydroxylation is 2. The molecule has 3 heterocycles. The van der Waals surface area contributed by atoms with Gasteiger partial charge in [0.2, 0.25) is 0 Å². The van der Waals surface area contributed by atoms with E-state index in [0.717, 1.165) is 16.7 Å². The highest BCUT2D eigenvalue weighted by molar-refractivity contribution is 7.92. The number of rotatable bonds is 5. The number of ether oxygens (including phenoxy) is 1. The SMILES string of the molecule is Cc1cccc(C)c1-c1nc(NS(=O)(=O)c2cccc(N3CCN(C(=O)OC(C)(C)C)CC3)n2)ccc1Cl. The average molecular weight is 558 g/mol. The van der Waals surface area contributed by atoms with Crippen LogP contribution < -0.4 is 9.62 Å². The van der Waals surface area contributed by atoms with Gasteiger partial charge in [0.25, 0.3) is 10.0 Å². The molecule has 1 N–H and O–H groups in total. The Morgan fingerprint density at radius 2 is 1.58 bits per heavy atom. The minimum Gasteiger partial charge on any atom is -0.444 e. The van der Waals surface area contributed by atoms with Crippen molar-refractivity contribution in [2.24, 2.45) is 0 Å².